The molecule has 0 saturated heterocycles. The van der Waals surface area contributed by atoms with Gasteiger partial charge in [-0.1, -0.05) is 12.1 Å². The molecule has 1 aromatic carbocycles. The van der Waals surface area contributed by atoms with Gasteiger partial charge in [-0.2, -0.15) is 5.10 Å². The van der Waals surface area contributed by atoms with E-state index in [-0.39, 0.29) is 5.91 Å². The monoisotopic (exact) mass is 264 g/mol. The molecule has 98 valence electrons. The first kappa shape index (κ1) is 12.1. The van der Waals surface area contributed by atoms with E-state index in [0.717, 1.165) is 5.69 Å². The van der Waals surface area contributed by atoms with Crippen LogP contribution >= 0.6 is 0 Å². The summed E-state index contributed by atoms with van der Waals surface area (Å²) in [6.07, 6.45) is 6.69. The molecule has 1 amide bonds. The Morgan fingerprint density at radius 2 is 1.95 bits per heavy atom. The van der Waals surface area contributed by atoms with Crippen molar-refractivity contribution in [2.45, 2.75) is 0 Å². The molecule has 2 aromatic heterocycles. The predicted molar refractivity (Wildman–Crippen MR) is 75.8 cm³/mol. The van der Waals surface area contributed by atoms with Gasteiger partial charge in [0.05, 0.1) is 16.9 Å². The van der Waals surface area contributed by atoms with Gasteiger partial charge < -0.3 is 5.32 Å². The Hall–Kier alpha value is -2.95. The molecular weight excluding hydrogens is 252 g/mol. The summed E-state index contributed by atoms with van der Waals surface area (Å²) in [4.78, 5) is 16.1. The van der Waals surface area contributed by atoms with Crippen LogP contribution in [0.2, 0.25) is 0 Å². The SMILES string of the molecule is O=C(Nc1ccccc1-n1cccn1)c1cccnc1. The van der Waals surface area contributed by atoms with Gasteiger partial charge in [-0.3, -0.25) is 9.78 Å². The Morgan fingerprint density at radius 3 is 2.70 bits per heavy atom. The van der Waals surface area contributed by atoms with E-state index in [4.69, 9.17) is 0 Å². The standard InChI is InChI=1S/C15H12N4O/c20-15(12-5-3-8-16-11-12)18-13-6-1-2-7-14(13)19-10-4-9-17-19/h1-11H,(H,18,20). The maximum absolute atomic E-state index is 12.2. The molecule has 1 N–H and O–H groups in total. The summed E-state index contributed by atoms with van der Waals surface area (Å²) in [5.41, 5.74) is 2.03. The molecule has 5 nitrogen and oxygen atoms in total. The van der Waals surface area contributed by atoms with Gasteiger partial charge in [0.2, 0.25) is 0 Å². The van der Waals surface area contributed by atoms with Gasteiger partial charge in [0.15, 0.2) is 0 Å². The molecule has 5 heteroatoms. The molecule has 0 aliphatic rings. The maximum Gasteiger partial charge on any atom is 0.257 e. The van der Waals surface area contributed by atoms with Crippen molar-refractivity contribution in [2.75, 3.05) is 5.32 Å². The van der Waals surface area contributed by atoms with E-state index in [1.165, 1.54) is 6.20 Å². The number of rotatable bonds is 3. The molecule has 0 unspecified atom stereocenters. The molecule has 0 radical (unpaired) electrons. The van der Waals surface area contributed by atoms with Crippen LogP contribution in [0.5, 0.6) is 0 Å². The third kappa shape index (κ3) is 2.42. The van der Waals surface area contributed by atoms with E-state index in [1.807, 2.05) is 36.5 Å². The van der Waals surface area contributed by atoms with Crippen LogP contribution in [0, 0.1) is 0 Å². The fraction of sp³-hybridized carbons (Fsp3) is 0. The second kappa shape index (κ2) is 5.36. The molecule has 20 heavy (non-hydrogen) atoms. The summed E-state index contributed by atoms with van der Waals surface area (Å²) < 4.78 is 1.71. The Kier molecular flexibility index (Phi) is 3.24. The van der Waals surface area contributed by atoms with E-state index in [0.29, 0.717) is 11.3 Å². The third-order valence-corrected chi connectivity index (χ3v) is 2.83. The van der Waals surface area contributed by atoms with Crippen molar-refractivity contribution >= 4 is 11.6 Å². The number of pyridine rings is 1. The zero-order valence-electron chi connectivity index (χ0n) is 10.6. The average Bonchev–Trinajstić information content (AvgIpc) is 3.03. The summed E-state index contributed by atoms with van der Waals surface area (Å²) in [5, 5.41) is 7.06. The highest BCUT2D eigenvalue weighted by Gasteiger charge is 2.09. The van der Waals surface area contributed by atoms with Crippen molar-refractivity contribution in [1.82, 2.24) is 14.8 Å². The Labute approximate surface area is 115 Å². The van der Waals surface area contributed by atoms with Crippen molar-refractivity contribution < 1.29 is 4.79 Å². The van der Waals surface area contributed by atoms with E-state index < -0.39 is 0 Å². The lowest BCUT2D eigenvalue weighted by Crippen LogP contribution is -2.14. The largest absolute Gasteiger partial charge is 0.320 e. The van der Waals surface area contributed by atoms with Crippen molar-refractivity contribution in [1.29, 1.82) is 0 Å². The topological polar surface area (TPSA) is 59.8 Å². The highest BCUT2D eigenvalue weighted by molar-refractivity contribution is 6.05. The summed E-state index contributed by atoms with van der Waals surface area (Å²) in [7, 11) is 0. The molecule has 0 aliphatic heterocycles. The number of nitrogens with one attached hydrogen (secondary N) is 1. The lowest BCUT2D eigenvalue weighted by Gasteiger charge is -2.10. The lowest BCUT2D eigenvalue weighted by atomic mass is 10.2. The first-order chi connectivity index (χ1) is 9.84. The van der Waals surface area contributed by atoms with Gasteiger partial charge in [0.25, 0.3) is 5.91 Å². The van der Waals surface area contributed by atoms with Crippen molar-refractivity contribution in [3.8, 4) is 5.69 Å². The first-order valence-electron chi connectivity index (χ1n) is 6.15. The molecule has 0 saturated carbocycles. The quantitative estimate of drug-likeness (QED) is 0.790. The summed E-state index contributed by atoms with van der Waals surface area (Å²) in [5.74, 6) is -0.197. The van der Waals surface area contributed by atoms with E-state index >= 15 is 0 Å². The molecule has 0 spiro atoms. The number of hydrogen-bond donors (Lipinski definition) is 1. The van der Waals surface area contributed by atoms with Crippen molar-refractivity contribution in [3.63, 3.8) is 0 Å². The summed E-state index contributed by atoms with van der Waals surface area (Å²) in [6, 6.07) is 12.8. The van der Waals surface area contributed by atoms with E-state index in [9.17, 15) is 4.79 Å². The van der Waals surface area contributed by atoms with Crippen molar-refractivity contribution in [3.05, 3.63) is 72.8 Å². The molecule has 0 atom stereocenters. The van der Waals surface area contributed by atoms with Crippen LogP contribution in [0.1, 0.15) is 10.4 Å². The van der Waals surface area contributed by atoms with E-state index in [2.05, 4.69) is 15.4 Å². The molecule has 3 aromatic rings. The van der Waals surface area contributed by atoms with Gasteiger partial charge >= 0.3 is 0 Å². The van der Waals surface area contributed by atoms with Gasteiger partial charge in [-0.15, -0.1) is 0 Å². The number of anilines is 1. The second-order valence-corrected chi connectivity index (χ2v) is 4.16. The minimum absolute atomic E-state index is 0.197. The lowest BCUT2D eigenvalue weighted by molar-refractivity contribution is 0.102. The Morgan fingerprint density at radius 1 is 1.05 bits per heavy atom. The molecule has 0 bridgehead atoms. The predicted octanol–water partition coefficient (Wildman–Crippen LogP) is 2.52. The smallest absolute Gasteiger partial charge is 0.257 e. The minimum atomic E-state index is -0.197. The van der Waals surface area contributed by atoms with Gasteiger partial charge in [-0.25, -0.2) is 4.68 Å². The zero-order chi connectivity index (χ0) is 13.8. The molecular formula is C15H12N4O. The fourth-order valence-corrected chi connectivity index (χ4v) is 1.88. The van der Waals surface area contributed by atoms with Crippen LogP contribution in [-0.2, 0) is 0 Å². The molecule has 0 fully saturated rings. The number of hydrogen-bond acceptors (Lipinski definition) is 3. The Bertz CT molecular complexity index is 708. The zero-order valence-corrected chi connectivity index (χ0v) is 10.6. The highest BCUT2D eigenvalue weighted by atomic mass is 16.1. The first-order valence-corrected chi connectivity index (χ1v) is 6.15. The van der Waals surface area contributed by atoms with Crippen LogP contribution in [0.4, 0.5) is 5.69 Å². The number of amides is 1. The van der Waals surface area contributed by atoms with Gasteiger partial charge in [0.1, 0.15) is 0 Å². The number of aromatic nitrogens is 3. The van der Waals surface area contributed by atoms with Crippen LogP contribution in [-0.4, -0.2) is 20.7 Å². The van der Waals surface area contributed by atoms with E-state index in [1.54, 1.807) is 29.2 Å². The molecule has 0 aliphatic carbocycles. The number of benzene rings is 1. The number of carbonyl (C=O) groups is 1. The minimum Gasteiger partial charge on any atom is -0.320 e. The highest BCUT2D eigenvalue weighted by Crippen LogP contribution is 2.19. The summed E-state index contributed by atoms with van der Waals surface area (Å²) >= 11 is 0. The van der Waals surface area contributed by atoms with Crippen LogP contribution in [0.3, 0.4) is 0 Å². The van der Waals surface area contributed by atoms with Crippen LogP contribution in [0.25, 0.3) is 5.69 Å². The Balaban J connectivity index is 1.90. The van der Waals surface area contributed by atoms with Crippen molar-refractivity contribution in [2.24, 2.45) is 0 Å². The van der Waals surface area contributed by atoms with Gasteiger partial charge in [-0.05, 0) is 30.3 Å². The molecule has 3 rings (SSSR count). The fourth-order valence-electron chi connectivity index (χ4n) is 1.88. The summed E-state index contributed by atoms with van der Waals surface area (Å²) in [6.45, 7) is 0. The van der Waals surface area contributed by atoms with Crippen LogP contribution < -0.4 is 5.32 Å². The third-order valence-electron chi connectivity index (χ3n) is 2.83. The second-order valence-electron chi connectivity index (χ2n) is 4.16. The normalized spacial score (nSPS) is 10.2. The molecule has 2 heterocycles. The number of carbonyl (C=O) groups excluding carboxylic acids is 1. The number of para-hydroxylation sites is 2. The number of nitrogens with zero attached hydrogens (tertiary/aromatic N) is 3. The maximum atomic E-state index is 12.2. The average molecular weight is 264 g/mol. The van der Waals surface area contributed by atoms with Crippen LogP contribution in [0.15, 0.2) is 67.3 Å². The van der Waals surface area contributed by atoms with Gasteiger partial charge in [0, 0.05) is 24.8 Å².